The molecule has 54 heavy (non-hydrogen) atoms. The average molecular weight is 696 g/mol. The van der Waals surface area contributed by atoms with E-state index >= 15 is 0 Å². The lowest BCUT2D eigenvalue weighted by atomic mass is 9.82. The number of hydrogen-bond donors (Lipinski definition) is 0. The first-order valence-electron chi connectivity index (χ1n) is 18.7. The van der Waals surface area contributed by atoms with Gasteiger partial charge in [-0.3, -0.25) is 4.99 Å². The van der Waals surface area contributed by atoms with Crippen LogP contribution in [0.3, 0.4) is 0 Å². The van der Waals surface area contributed by atoms with Crippen molar-refractivity contribution in [1.82, 2.24) is 0 Å². The van der Waals surface area contributed by atoms with Crippen molar-refractivity contribution < 1.29 is 0 Å². The number of hydrogen-bond acceptors (Lipinski definition) is 3. The fourth-order valence-corrected chi connectivity index (χ4v) is 8.63. The maximum absolute atomic E-state index is 5.89. The van der Waals surface area contributed by atoms with E-state index < -0.39 is 0 Å². The molecule has 3 nitrogen and oxygen atoms in total. The lowest BCUT2D eigenvalue weighted by Crippen LogP contribution is -2.28. The SMILES string of the molecule is C#C/C(=C\N=CC)c1ccc(N(c2ccc(-c3ccc4c(c3)C3C=CC=CC3N4c3ccccc3)cc2)c2ccc3c(c2)C(C)(C)c2ccccc2-3)cc1. The third kappa shape index (κ3) is 5.51. The smallest absolute Gasteiger partial charge is 0.0629 e. The Bertz CT molecular complexity index is 2540. The molecule has 9 rings (SSSR count). The van der Waals surface area contributed by atoms with Crippen LogP contribution in [0.5, 0.6) is 0 Å². The molecule has 3 aliphatic rings. The van der Waals surface area contributed by atoms with Crippen molar-refractivity contribution in [3.05, 3.63) is 192 Å². The van der Waals surface area contributed by atoms with Crippen molar-refractivity contribution in [2.24, 2.45) is 4.99 Å². The van der Waals surface area contributed by atoms with Gasteiger partial charge in [0.25, 0.3) is 0 Å². The number of nitrogens with zero attached hydrogens (tertiary/aromatic N) is 3. The first-order chi connectivity index (χ1) is 26.5. The van der Waals surface area contributed by atoms with E-state index in [4.69, 9.17) is 6.42 Å². The van der Waals surface area contributed by atoms with Gasteiger partial charge in [-0.2, -0.15) is 0 Å². The Kier molecular flexibility index (Phi) is 8.25. The highest BCUT2D eigenvalue weighted by Crippen LogP contribution is 2.51. The Morgan fingerprint density at radius 2 is 1.37 bits per heavy atom. The maximum atomic E-state index is 5.89. The van der Waals surface area contributed by atoms with Gasteiger partial charge in [0, 0.05) is 57.8 Å². The van der Waals surface area contributed by atoms with Crippen LogP contribution in [-0.4, -0.2) is 12.3 Å². The first kappa shape index (κ1) is 33.2. The van der Waals surface area contributed by atoms with Crippen LogP contribution in [-0.2, 0) is 5.41 Å². The van der Waals surface area contributed by atoms with Crippen molar-refractivity contribution in [3.63, 3.8) is 0 Å². The Hall–Kier alpha value is -6.63. The van der Waals surface area contributed by atoms with Gasteiger partial charge in [0.05, 0.1) is 6.04 Å². The number of fused-ring (bicyclic) bond motifs is 6. The number of rotatable bonds is 7. The molecule has 2 aliphatic carbocycles. The Morgan fingerprint density at radius 1 is 0.704 bits per heavy atom. The van der Waals surface area contributed by atoms with Gasteiger partial charge in [-0.05, 0) is 112 Å². The van der Waals surface area contributed by atoms with E-state index in [9.17, 15) is 0 Å². The van der Waals surface area contributed by atoms with Crippen LogP contribution in [0.4, 0.5) is 28.4 Å². The van der Waals surface area contributed by atoms with Gasteiger partial charge in [0.15, 0.2) is 0 Å². The van der Waals surface area contributed by atoms with E-state index in [1.54, 1.807) is 12.4 Å². The molecule has 0 bridgehead atoms. The number of anilines is 5. The van der Waals surface area contributed by atoms with E-state index in [1.807, 2.05) is 6.92 Å². The van der Waals surface area contributed by atoms with Crippen molar-refractivity contribution in [3.8, 4) is 34.6 Å². The number of terminal acetylenes is 1. The molecule has 2 unspecified atom stereocenters. The van der Waals surface area contributed by atoms with Crippen molar-refractivity contribution in [2.45, 2.75) is 38.1 Å². The van der Waals surface area contributed by atoms with Gasteiger partial charge in [-0.15, -0.1) is 6.42 Å². The molecule has 0 radical (unpaired) electrons. The average Bonchev–Trinajstić information content (AvgIpc) is 3.67. The highest BCUT2D eigenvalue weighted by atomic mass is 15.2. The summed E-state index contributed by atoms with van der Waals surface area (Å²) in [5, 5.41) is 0. The quantitative estimate of drug-likeness (QED) is 0.122. The van der Waals surface area contributed by atoms with Crippen molar-refractivity contribution in [2.75, 3.05) is 9.80 Å². The van der Waals surface area contributed by atoms with Crippen LogP contribution in [0.25, 0.3) is 27.8 Å². The second kappa shape index (κ2) is 13.4. The zero-order valence-corrected chi connectivity index (χ0v) is 30.8. The highest BCUT2D eigenvalue weighted by molar-refractivity contribution is 5.87. The van der Waals surface area contributed by atoms with Crippen LogP contribution in [0.2, 0.25) is 0 Å². The second-order valence-electron chi connectivity index (χ2n) is 14.7. The molecular weight excluding hydrogens is 655 g/mol. The first-order valence-corrected chi connectivity index (χ1v) is 18.7. The summed E-state index contributed by atoms with van der Waals surface area (Å²) in [6.45, 7) is 6.55. The van der Waals surface area contributed by atoms with Crippen molar-refractivity contribution in [1.29, 1.82) is 0 Å². The molecule has 260 valence electrons. The van der Waals surface area contributed by atoms with Gasteiger partial charge in [-0.1, -0.05) is 123 Å². The fourth-order valence-electron chi connectivity index (χ4n) is 8.63. The molecule has 0 aromatic heterocycles. The Balaban J connectivity index is 1.11. The third-order valence-corrected chi connectivity index (χ3v) is 11.3. The Morgan fingerprint density at radius 3 is 2.13 bits per heavy atom. The third-order valence-electron chi connectivity index (χ3n) is 11.3. The maximum Gasteiger partial charge on any atom is 0.0629 e. The summed E-state index contributed by atoms with van der Waals surface area (Å²) in [4.78, 5) is 9.10. The van der Waals surface area contributed by atoms with Gasteiger partial charge in [-0.25, -0.2) is 0 Å². The molecule has 6 aromatic rings. The topological polar surface area (TPSA) is 18.8 Å². The molecule has 3 heteroatoms. The number of aliphatic imine (C=N–C) groups is 1. The molecule has 0 fully saturated rings. The van der Waals surface area contributed by atoms with E-state index in [-0.39, 0.29) is 11.5 Å². The number of para-hydroxylation sites is 1. The highest BCUT2D eigenvalue weighted by Gasteiger charge is 2.38. The number of allylic oxidation sites excluding steroid dienone is 3. The van der Waals surface area contributed by atoms with Crippen LogP contribution >= 0.6 is 0 Å². The standard InChI is InChI=1S/C51H41N3/c1-5-35(34-52-6-2)36-20-25-40(26-21-36)53(42-29-30-44-43-16-10-12-18-47(43)51(3,4)48(44)33-42)41-27-22-37(23-28-41)38-24-31-50-46(32-38)45-17-11-13-19-49(45)54(50)39-14-8-7-9-15-39/h1,6-34,45,49H,2-4H3/b35-34+,52-6?. The predicted molar refractivity (Wildman–Crippen MR) is 228 cm³/mol. The molecule has 0 spiro atoms. The summed E-state index contributed by atoms with van der Waals surface area (Å²) in [5.41, 5.74) is 16.4. The Labute approximate surface area is 319 Å². The predicted octanol–water partition coefficient (Wildman–Crippen LogP) is 12.9. The summed E-state index contributed by atoms with van der Waals surface area (Å²) in [6, 6.07) is 51.2. The van der Waals surface area contributed by atoms with E-state index in [0.717, 1.165) is 28.2 Å². The fraction of sp³-hybridized carbons (Fsp3) is 0.118. The van der Waals surface area contributed by atoms with Crippen molar-refractivity contribution >= 4 is 40.2 Å². The summed E-state index contributed by atoms with van der Waals surface area (Å²) in [5.74, 6) is 3.10. The summed E-state index contributed by atoms with van der Waals surface area (Å²) in [7, 11) is 0. The molecule has 1 heterocycles. The molecule has 0 amide bonds. The minimum atomic E-state index is -0.112. The monoisotopic (exact) mass is 695 g/mol. The molecule has 0 saturated heterocycles. The second-order valence-corrected chi connectivity index (χ2v) is 14.7. The summed E-state index contributed by atoms with van der Waals surface area (Å²) < 4.78 is 0. The molecule has 0 N–H and O–H groups in total. The molecule has 2 atom stereocenters. The van der Waals surface area contributed by atoms with Crippen LogP contribution in [0.15, 0.2) is 175 Å². The van der Waals surface area contributed by atoms with E-state index in [0.29, 0.717) is 5.92 Å². The van der Waals surface area contributed by atoms with E-state index in [1.165, 1.54) is 50.3 Å². The normalized spacial score (nSPS) is 17.5. The molecular formula is C51H41N3. The number of benzene rings is 6. The van der Waals surface area contributed by atoms with Crippen LogP contribution in [0, 0.1) is 12.3 Å². The minimum Gasteiger partial charge on any atom is -0.333 e. The van der Waals surface area contributed by atoms with Crippen LogP contribution < -0.4 is 9.80 Å². The van der Waals surface area contributed by atoms with Gasteiger partial charge < -0.3 is 9.80 Å². The summed E-state index contributed by atoms with van der Waals surface area (Å²) >= 11 is 0. The zero-order chi connectivity index (χ0) is 36.8. The van der Waals surface area contributed by atoms with Gasteiger partial charge in [0.1, 0.15) is 0 Å². The lowest BCUT2D eigenvalue weighted by molar-refractivity contribution is 0.660. The van der Waals surface area contributed by atoms with Gasteiger partial charge >= 0.3 is 0 Å². The lowest BCUT2D eigenvalue weighted by Gasteiger charge is -2.28. The van der Waals surface area contributed by atoms with E-state index in [2.05, 4.69) is 198 Å². The molecule has 0 saturated carbocycles. The molecule has 6 aromatic carbocycles. The minimum absolute atomic E-state index is 0.112. The van der Waals surface area contributed by atoms with Crippen LogP contribution in [0.1, 0.15) is 48.9 Å². The molecule has 1 aliphatic heterocycles. The largest absolute Gasteiger partial charge is 0.333 e. The van der Waals surface area contributed by atoms with Gasteiger partial charge in [0.2, 0.25) is 0 Å². The zero-order valence-electron chi connectivity index (χ0n) is 30.8. The summed E-state index contributed by atoms with van der Waals surface area (Å²) in [6.07, 6.45) is 18.4.